The van der Waals surface area contributed by atoms with E-state index < -0.39 is 8.07 Å². The average molecular weight is 749 g/mol. The SMILES string of the molecule is c1ccc([Si](c2ccccc2)(c2ccccc2)c2ccc(-n3c4ccc(-n5c6ccccc6c6ccccc65)cc4c4cccc(C5CCCCC5)c43)cc2)cc1. The maximum absolute atomic E-state index is 2.65. The fraction of sp³-hybridized carbons (Fsp3) is 0.111. The van der Waals surface area contributed by atoms with Crippen molar-refractivity contribution in [2.24, 2.45) is 0 Å². The Hall–Kier alpha value is -6.42. The second kappa shape index (κ2) is 13.9. The Morgan fingerprint density at radius 1 is 0.351 bits per heavy atom. The summed E-state index contributed by atoms with van der Waals surface area (Å²) in [5.41, 5.74) is 9.00. The number of benzene rings is 8. The zero-order chi connectivity index (χ0) is 37.8. The summed E-state index contributed by atoms with van der Waals surface area (Å²) in [4.78, 5) is 0. The summed E-state index contributed by atoms with van der Waals surface area (Å²) >= 11 is 0. The van der Waals surface area contributed by atoms with E-state index in [0.717, 1.165) is 0 Å². The van der Waals surface area contributed by atoms with Crippen molar-refractivity contribution in [1.82, 2.24) is 9.13 Å². The molecular formula is C54H44N2Si. The van der Waals surface area contributed by atoms with Gasteiger partial charge in [0.1, 0.15) is 0 Å². The Balaban J connectivity index is 1.15. The van der Waals surface area contributed by atoms with Crippen molar-refractivity contribution in [1.29, 1.82) is 0 Å². The molecule has 0 aliphatic heterocycles. The second-order valence-corrected chi connectivity index (χ2v) is 19.7. The summed E-state index contributed by atoms with van der Waals surface area (Å²) in [6, 6.07) is 75.3. The van der Waals surface area contributed by atoms with Gasteiger partial charge in [-0.25, -0.2) is 0 Å². The Kier molecular flexibility index (Phi) is 8.29. The molecule has 1 fully saturated rings. The van der Waals surface area contributed by atoms with Crippen LogP contribution in [0.25, 0.3) is 55.0 Å². The lowest BCUT2D eigenvalue weighted by atomic mass is 9.83. The van der Waals surface area contributed by atoms with E-state index in [4.69, 9.17) is 0 Å². The monoisotopic (exact) mass is 748 g/mol. The third-order valence-electron chi connectivity index (χ3n) is 12.9. The van der Waals surface area contributed by atoms with Gasteiger partial charge in [-0.1, -0.05) is 177 Å². The minimum atomic E-state index is -2.65. The quantitative estimate of drug-likeness (QED) is 0.113. The van der Waals surface area contributed by atoms with Crippen LogP contribution in [0.3, 0.4) is 0 Å². The van der Waals surface area contributed by atoms with Gasteiger partial charge in [0.2, 0.25) is 0 Å². The van der Waals surface area contributed by atoms with E-state index in [1.54, 1.807) is 0 Å². The minimum absolute atomic E-state index is 0.566. The number of para-hydroxylation sites is 3. The largest absolute Gasteiger partial charge is 0.309 e. The van der Waals surface area contributed by atoms with Gasteiger partial charge in [-0.15, -0.1) is 0 Å². The Labute approximate surface area is 335 Å². The molecule has 0 atom stereocenters. The molecule has 1 saturated carbocycles. The molecule has 0 radical (unpaired) electrons. The van der Waals surface area contributed by atoms with E-state index >= 15 is 0 Å². The minimum Gasteiger partial charge on any atom is -0.309 e. The maximum atomic E-state index is 2.59. The van der Waals surface area contributed by atoms with E-state index in [-0.39, 0.29) is 0 Å². The molecule has 2 aromatic heterocycles. The average Bonchev–Trinajstić information content (AvgIpc) is 3.81. The first kappa shape index (κ1) is 33.9. The van der Waals surface area contributed by atoms with Crippen LogP contribution in [0.15, 0.2) is 200 Å². The molecule has 57 heavy (non-hydrogen) atoms. The lowest BCUT2D eigenvalue weighted by Crippen LogP contribution is -2.74. The predicted octanol–water partition coefficient (Wildman–Crippen LogP) is 11.3. The molecule has 2 nitrogen and oxygen atoms in total. The summed E-state index contributed by atoms with van der Waals surface area (Å²) in [6.45, 7) is 0. The molecule has 2 heterocycles. The zero-order valence-electron chi connectivity index (χ0n) is 32.1. The van der Waals surface area contributed by atoms with Gasteiger partial charge in [0.05, 0.1) is 22.1 Å². The third kappa shape index (κ3) is 5.37. The molecule has 8 aromatic carbocycles. The van der Waals surface area contributed by atoms with Gasteiger partial charge in [0.25, 0.3) is 0 Å². The Morgan fingerprint density at radius 3 is 1.40 bits per heavy atom. The number of rotatable bonds is 7. The van der Waals surface area contributed by atoms with E-state index in [9.17, 15) is 0 Å². The van der Waals surface area contributed by atoms with Crippen LogP contribution in [-0.2, 0) is 0 Å². The predicted molar refractivity (Wildman–Crippen MR) is 245 cm³/mol. The van der Waals surface area contributed by atoms with E-state index in [1.807, 2.05) is 0 Å². The molecule has 1 aliphatic carbocycles. The summed E-state index contributed by atoms with van der Waals surface area (Å²) in [6.07, 6.45) is 6.46. The molecule has 1 aliphatic rings. The fourth-order valence-electron chi connectivity index (χ4n) is 10.4. The van der Waals surface area contributed by atoms with E-state index in [1.165, 1.54) is 113 Å². The van der Waals surface area contributed by atoms with Crippen molar-refractivity contribution in [2.45, 2.75) is 38.0 Å². The van der Waals surface area contributed by atoms with Crippen molar-refractivity contribution >= 4 is 72.4 Å². The Bertz CT molecular complexity index is 2880. The van der Waals surface area contributed by atoms with Gasteiger partial charge in [-0.2, -0.15) is 0 Å². The smallest absolute Gasteiger partial charge is 0.179 e. The van der Waals surface area contributed by atoms with Crippen LogP contribution in [0, 0.1) is 0 Å². The third-order valence-corrected chi connectivity index (χ3v) is 17.7. The number of aromatic nitrogens is 2. The van der Waals surface area contributed by atoms with Crippen LogP contribution < -0.4 is 20.7 Å². The van der Waals surface area contributed by atoms with Crippen molar-refractivity contribution in [3.05, 3.63) is 206 Å². The number of fused-ring (bicyclic) bond motifs is 6. The first-order chi connectivity index (χ1) is 28.3. The first-order valence-corrected chi connectivity index (χ1v) is 22.6. The second-order valence-electron chi connectivity index (χ2n) is 15.9. The van der Waals surface area contributed by atoms with Crippen LogP contribution in [0.5, 0.6) is 0 Å². The van der Waals surface area contributed by atoms with Gasteiger partial charge in [0, 0.05) is 32.9 Å². The summed E-state index contributed by atoms with van der Waals surface area (Å²) in [5, 5.41) is 10.8. The topological polar surface area (TPSA) is 9.86 Å². The highest BCUT2D eigenvalue weighted by Crippen LogP contribution is 2.42. The van der Waals surface area contributed by atoms with Crippen LogP contribution in [0.2, 0.25) is 0 Å². The molecule has 0 unspecified atom stereocenters. The van der Waals surface area contributed by atoms with Crippen molar-refractivity contribution in [2.75, 3.05) is 0 Å². The zero-order valence-corrected chi connectivity index (χ0v) is 33.1. The molecule has 0 bridgehead atoms. The molecule has 0 saturated heterocycles. The molecule has 3 heteroatoms. The molecule has 274 valence electrons. The highest BCUT2D eigenvalue weighted by atomic mass is 28.3. The molecular weight excluding hydrogens is 705 g/mol. The maximum Gasteiger partial charge on any atom is 0.179 e. The van der Waals surface area contributed by atoms with Gasteiger partial charge in [-0.05, 0) is 87.5 Å². The van der Waals surface area contributed by atoms with Crippen LogP contribution in [0.1, 0.15) is 43.6 Å². The van der Waals surface area contributed by atoms with Gasteiger partial charge < -0.3 is 9.13 Å². The summed E-state index contributed by atoms with van der Waals surface area (Å²) < 4.78 is 5.04. The standard InChI is InChI=1S/C54H44N2Si/c1-5-18-39(19-6-1)46-28-17-29-49-50-38-41(55-51-30-15-13-26-47(51)48-27-14-16-31-52(48)55)34-37-53(50)56(54(46)49)40-32-35-45(36-33-40)57(42-20-7-2-8-21-42,43-22-9-3-10-23-43)44-24-11-4-12-25-44/h2-4,7-17,20-39H,1,5-6,18-19H2. The van der Waals surface area contributed by atoms with Gasteiger partial charge in [-0.3, -0.25) is 0 Å². The Morgan fingerprint density at radius 2 is 0.825 bits per heavy atom. The summed E-state index contributed by atoms with van der Waals surface area (Å²) in [7, 11) is -2.65. The van der Waals surface area contributed by atoms with Crippen LogP contribution in [0.4, 0.5) is 0 Å². The van der Waals surface area contributed by atoms with Crippen molar-refractivity contribution < 1.29 is 0 Å². The summed E-state index contributed by atoms with van der Waals surface area (Å²) in [5.74, 6) is 0.566. The molecule has 0 amide bonds. The van der Waals surface area contributed by atoms with E-state index in [0.29, 0.717) is 5.92 Å². The van der Waals surface area contributed by atoms with Crippen molar-refractivity contribution in [3.63, 3.8) is 0 Å². The molecule has 0 spiro atoms. The van der Waals surface area contributed by atoms with Crippen molar-refractivity contribution in [3.8, 4) is 11.4 Å². The lowest BCUT2D eigenvalue weighted by molar-refractivity contribution is 0.445. The lowest BCUT2D eigenvalue weighted by Gasteiger charge is -2.34. The highest BCUT2D eigenvalue weighted by Gasteiger charge is 2.41. The molecule has 10 aromatic rings. The normalized spacial score (nSPS) is 13.9. The highest BCUT2D eigenvalue weighted by molar-refractivity contribution is 7.19. The number of nitrogens with zero attached hydrogens (tertiary/aromatic N) is 2. The molecule has 11 rings (SSSR count). The van der Waals surface area contributed by atoms with Crippen LogP contribution >= 0.6 is 0 Å². The number of hydrogen-bond acceptors (Lipinski definition) is 0. The molecule has 0 N–H and O–H groups in total. The van der Waals surface area contributed by atoms with Crippen LogP contribution in [-0.4, -0.2) is 17.2 Å². The first-order valence-electron chi connectivity index (χ1n) is 20.6. The van der Waals surface area contributed by atoms with E-state index in [2.05, 4.69) is 209 Å². The van der Waals surface area contributed by atoms with Gasteiger partial charge >= 0.3 is 0 Å². The number of hydrogen-bond donors (Lipinski definition) is 0. The van der Waals surface area contributed by atoms with Gasteiger partial charge in [0.15, 0.2) is 8.07 Å². The fourth-order valence-corrected chi connectivity index (χ4v) is 15.1.